The third kappa shape index (κ3) is 5.73. The zero-order valence-corrected chi connectivity index (χ0v) is 19.2. The van der Waals surface area contributed by atoms with Gasteiger partial charge in [0.2, 0.25) is 0 Å². The summed E-state index contributed by atoms with van der Waals surface area (Å²) in [6.07, 6.45) is -0.502. The topological polar surface area (TPSA) is 56.8 Å². The Labute approximate surface area is 174 Å². The molecule has 2 rings (SSSR count). The second-order valence-electron chi connectivity index (χ2n) is 10.2. The average molecular weight is 407 g/mol. The summed E-state index contributed by atoms with van der Waals surface area (Å²) in [5.74, 6) is -0.515. The van der Waals surface area contributed by atoms with Crippen molar-refractivity contribution in [2.75, 3.05) is 6.61 Å². The molecule has 1 aromatic rings. The lowest BCUT2D eigenvalue weighted by atomic mass is 9.77. The highest BCUT2D eigenvalue weighted by molar-refractivity contribution is 6.62. The number of carbonyl (C=O) groups is 1. The Bertz CT molecular complexity index is 727. The number of hydrogen-bond acceptors (Lipinski definition) is 4. The van der Waals surface area contributed by atoms with Crippen LogP contribution in [0.2, 0.25) is 0 Å². The van der Waals surface area contributed by atoms with Crippen LogP contribution in [0.15, 0.2) is 18.2 Å². The lowest BCUT2D eigenvalue weighted by Gasteiger charge is -2.32. The number of hydrogen-bond donors (Lipinski definition) is 1. The van der Waals surface area contributed by atoms with E-state index in [4.69, 9.17) is 14.0 Å². The fraction of sp³-hybridized carbons (Fsp3) is 0.682. The monoisotopic (exact) mass is 407 g/mol. The highest BCUT2D eigenvalue weighted by Crippen LogP contribution is 2.36. The molecule has 1 heterocycles. The molecule has 29 heavy (non-hydrogen) atoms. The lowest BCUT2D eigenvalue weighted by Crippen LogP contribution is -2.41. The van der Waals surface area contributed by atoms with Crippen LogP contribution in [0.25, 0.3) is 0 Å². The minimum atomic E-state index is -0.616. The molecule has 0 aliphatic carbocycles. The van der Waals surface area contributed by atoms with Gasteiger partial charge in [0.1, 0.15) is 12.4 Å². The number of carbonyl (C=O) groups excluding carboxylic acids is 1. The molecule has 1 saturated heterocycles. The third-order valence-electron chi connectivity index (χ3n) is 5.63. The van der Waals surface area contributed by atoms with Crippen molar-refractivity contribution in [3.05, 3.63) is 29.6 Å². The Morgan fingerprint density at radius 2 is 1.72 bits per heavy atom. The van der Waals surface area contributed by atoms with Gasteiger partial charge in [0.05, 0.1) is 11.2 Å². The molecule has 0 aromatic heterocycles. The first-order valence-corrected chi connectivity index (χ1v) is 10.2. The fourth-order valence-electron chi connectivity index (χ4n) is 3.12. The first-order chi connectivity index (χ1) is 13.1. The van der Waals surface area contributed by atoms with E-state index in [1.165, 1.54) is 6.07 Å². The van der Waals surface area contributed by atoms with Crippen LogP contribution in [-0.2, 0) is 14.0 Å². The Kier molecular flexibility index (Phi) is 6.75. The van der Waals surface area contributed by atoms with Crippen LogP contribution in [0, 0.1) is 11.7 Å². The second-order valence-corrected chi connectivity index (χ2v) is 10.2. The summed E-state index contributed by atoms with van der Waals surface area (Å²) in [5.41, 5.74) is -0.203. The highest BCUT2D eigenvalue weighted by atomic mass is 19.1. The van der Waals surface area contributed by atoms with Crippen LogP contribution >= 0.6 is 0 Å². The van der Waals surface area contributed by atoms with Crippen LogP contribution in [-0.4, -0.2) is 36.6 Å². The van der Waals surface area contributed by atoms with Gasteiger partial charge in [-0.25, -0.2) is 9.18 Å². The Morgan fingerprint density at radius 1 is 1.17 bits per heavy atom. The number of halogens is 1. The summed E-state index contributed by atoms with van der Waals surface area (Å²) in [6.45, 7) is 17.6. The molecule has 1 aromatic carbocycles. The first-order valence-electron chi connectivity index (χ1n) is 10.2. The van der Waals surface area contributed by atoms with Crippen LogP contribution < -0.4 is 10.8 Å². The van der Waals surface area contributed by atoms with E-state index in [2.05, 4.69) is 5.32 Å². The smallest absolute Gasteiger partial charge is 0.449 e. The Hall–Kier alpha value is -1.60. The molecule has 7 heteroatoms. The van der Waals surface area contributed by atoms with Crippen LogP contribution in [0.5, 0.6) is 0 Å². The molecule has 1 unspecified atom stereocenters. The molecule has 0 saturated carbocycles. The van der Waals surface area contributed by atoms with Crippen molar-refractivity contribution in [3.63, 3.8) is 0 Å². The molecular formula is C22H35BFNO4. The quantitative estimate of drug-likeness (QED) is 0.736. The zero-order valence-electron chi connectivity index (χ0n) is 19.2. The molecule has 1 atom stereocenters. The number of ether oxygens (including phenoxy) is 1. The first kappa shape index (κ1) is 23.7. The molecule has 0 bridgehead atoms. The normalized spacial score (nSPS) is 19.3. The Balaban J connectivity index is 2.15. The van der Waals surface area contributed by atoms with Gasteiger partial charge in [-0.3, -0.25) is 0 Å². The van der Waals surface area contributed by atoms with Gasteiger partial charge >= 0.3 is 13.2 Å². The molecule has 0 spiro atoms. The average Bonchev–Trinajstić information content (AvgIpc) is 2.74. The van der Waals surface area contributed by atoms with Gasteiger partial charge in [-0.2, -0.15) is 0 Å². The summed E-state index contributed by atoms with van der Waals surface area (Å²) in [5, 5.41) is 2.75. The largest absolute Gasteiger partial charge is 0.494 e. The molecule has 5 nitrogen and oxygen atoms in total. The van der Waals surface area contributed by atoms with Crippen molar-refractivity contribution in [3.8, 4) is 0 Å². The van der Waals surface area contributed by atoms with E-state index in [0.29, 0.717) is 11.0 Å². The summed E-state index contributed by atoms with van der Waals surface area (Å²) in [6, 6.07) is 5.03. The maximum Gasteiger partial charge on any atom is 0.494 e. The van der Waals surface area contributed by atoms with E-state index >= 15 is 4.39 Å². The summed E-state index contributed by atoms with van der Waals surface area (Å²) >= 11 is 0. The van der Waals surface area contributed by atoms with Crippen molar-refractivity contribution >= 4 is 18.7 Å². The van der Waals surface area contributed by atoms with Gasteiger partial charge in [-0.05, 0) is 71.5 Å². The number of rotatable bonds is 5. The molecule has 1 amide bonds. The lowest BCUT2D eigenvalue weighted by molar-refractivity contribution is 0.00578. The van der Waals surface area contributed by atoms with Gasteiger partial charge in [0.15, 0.2) is 0 Å². The maximum atomic E-state index is 15.0. The van der Waals surface area contributed by atoms with Crippen molar-refractivity contribution in [2.24, 2.45) is 5.92 Å². The van der Waals surface area contributed by atoms with Gasteiger partial charge in [0, 0.05) is 11.5 Å². The highest BCUT2D eigenvalue weighted by Gasteiger charge is 2.51. The predicted molar refractivity (Wildman–Crippen MR) is 114 cm³/mol. The van der Waals surface area contributed by atoms with E-state index < -0.39 is 24.4 Å². The molecular weight excluding hydrogens is 372 g/mol. The van der Waals surface area contributed by atoms with Crippen LogP contribution in [0.3, 0.4) is 0 Å². The fourth-order valence-corrected chi connectivity index (χ4v) is 3.12. The molecule has 0 radical (unpaired) electrons. The summed E-state index contributed by atoms with van der Waals surface area (Å²) in [7, 11) is -0.616. The van der Waals surface area contributed by atoms with Crippen LogP contribution in [0.1, 0.15) is 73.8 Å². The Morgan fingerprint density at radius 3 is 2.17 bits per heavy atom. The van der Waals surface area contributed by atoms with Crippen molar-refractivity contribution < 1.29 is 23.2 Å². The van der Waals surface area contributed by atoms with E-state index in [9.17, 15) is 4.79 Å². The molecule has 1 fully saturated rings. The van der Waals surface area contributed by atoms with E-state index in [-0.39, 0.29) is 29.8 Å². The van der Waals surface area contributed by atoms with E-state index in [1.54, 1.807) is 6.07 Å². The summed E-state index contributed by atoms with van der Waals surface area (Å²) < 4.78 is 32.4. The number of benzene rings is 1. The second kappa shape index (κ2) is 8.27. The van der Waals surface area contributed by atoms with Crippen molar-refractivity contribution in [1.82, 2.24) is 5.32 Å². The number of nitrogens with one attached hydrogen (secondary N) is 1. The van der Waals surface area contributed by atoms with Crippen molar-refractivity contribution in [1.29, 1.82) is 0 Å². The van der Waals surface area contributed by atoms with E-state index in [1.807, 2.05) is 68.4 Å². The van der Waals surface area contributed by atoms with E-state index in [0.717, 1.165) is 0 Å². The van der Waals surface area contributed by atoms with Gasteiger partial charge < -0.3 is 19.4 Å². The molecule has 162 valence electrons. The molecule has 1 N–H and O–H groups in total. The van der Waals surface area contributed by atoms with Crippen molar-refractivity contribution in [2.45, 2.75) is 85.0 Å². The predicted octanol–water partition coefficient (Wildman–Crippen LogP) is 4.39. The summed E-state index contributed by atoms with van der Waals surface area (Å²) in [4.78, 5) is 12.0. The molecule has 1 aliphatic heterocycles. The third-order valence-corrected chi connectivity index (χ3v) is 5.63. The maximum absolute atomic E-state index is 15.0. The minimum absolute atomic E-state index is 0.0923. The van der Waals surface area contributed by atoms with Gasteiger partial charge in [-0.15, -0.1) is 0 Å². The standard InChI is InChI=1S/C22H35BFNO4/c1-14(2)17(13-27-19(26)25-20(3,4)5)16-11-10-15(12-18(16)24)23-28-21(6,7)22(8,9)29-23/h10-12,14,17H,13H2,1-9H3,(H,25,26). The minimum Gasteiger partial charge on any atom is -0.449 e. The number of alkyl carbamates (subject to hydrolysis) is 1. The molecule has 1 aliphatic rings. The van der Waals surface area contributed by atoms with Crippen LogP contribution in [0.4, 0.5) is 9.18 Å². The number of amides is 1. The SMILES string of the molecule is CC(C)C(COC(=O)NC(C)(C)C)c1ccc(B2OC(C)(C)C(C)(C)O2)cc1F. The van der Waals surface area contributed by atoms with Gasteiger partial charge in [-0.1, -0.05) is 26.0 Å². The van der Waals surface area contributed by atoms with Gasteiger partial charge in [0.25, 0.3) is 0 Å². The zero-order chi connectivity index (χ0) is 22.2.